The van der Waals surface area contributed by atoms with Crippen molar-refractivity contribution in [2.24, 2.45) is 0 Å². The summed E-state index contributed by atoms with van der Waals surface area (Å²) >= 11 is 0. The fraction of sp³-hybridized carbons (Fsp3) is 0.467. The van der Waals surface area contributed by atoms with Gasteiger partial charge in [0.05, 0.1) is 13.1 Å². The monoisotopic (exact) mass is 248 g/mol. The minimum absolute atomic E-state index is 0.469. The summed E-state index contributed by atoms with van der Waals surface area (Å²) < 4.78 is 5.78. The largest absolute Gasteiger partial charge is 0.463 e. The highest BCUT2D eigenvalue weighted by molar-refractivity contribution is 5.07. The van der Waals surface area contributed by atoms with Crippen LogP contribution in [0.15, 0.2) is 41.9 Å². The van der Waals surface area contributed by atoms with Crippen LogP contribution in [0.25, 0.3) is 0 Å². The van der Waals surface area contributed by atoms with Gasteiger partial charge in [0, 0.05) is 19.1 Å². The van der Waals surface area contributed by atoms with Crippen molar-refractivity contribution in [2.45, 2.75) is 33.0 Å². The molecule has 3 heteroatoms. The number of nitrogens with zero attached hydrogens (tertiary/aromatic N) is 1. The van der Waals surface area contributed by atoms with Gasteiger partial charge in [-0.2, -0.15) is 0 Å². The molecule has 0 aliphatic heterocycles. The Morgan fingerprint density at radius 3 is 2.39 bits per heavy atom. The van der Waals surface area contributed by atoms with Gasteiger partial charge >= 0.3 is 0 Å². The van der Waals surface area contributed by atoms with Crippen molar-refractivity contribution < 1.29 is 4.42 Å². The van der Waals surface area contributed by atoms with Crippen LogP contribution in [0.2, 0.25) is 0 Å². The molecule has 100 valence electrons. The Hall–Kier alpha value is -1.32. The topological polar surface area (TPSA) is 28.4 Å². The molecule has 1 aromatic rings. The first-order valence-corrected chi connectivity index (χ1v) is 6.40. The fourth-order valence-corrected chi connectivity index (χ4v) is 1.70. The Labute approximate surface area is 110 Å². The highest BCUT2D eigenvalue weighted by atomic mass is 16.3. The quantitative estimate of drug-likeness (QED) is 0.681. The second-order valence-corrected chi connectivity index (χ2v) is 4.68. The van der Waals surface area contributed by atoms with Crippen molar-refractivity contribution in [2.75, 3.05) is 13.1 Å². The molecule has 0 atom stereocenters. The van der Waals surface area contributed by atoms with E-state index < -0.39 is 0 Å². The molecule has 18 heavy (non-hydrogen) atoms. The van der Waals surface area contributed by atoms with Gasteiger partial charge in [-0.05, 0) is 12.1 Å². The van der Waals surface area contributed by atoms with Gasteiger partial charge in [0.25, 0.3) is 0 Å². The first-order chi connectivity index (χ1) is 8.65. The van der Waals surface area contributed by atoms with Crippen LogP contribution in [0.5, 0.6) is 0 Å². The molecule has 0 aliphatic carbocycles. The van der Waals surface area contributed by atoms with Crippen LogP contribution in [0.4, 0.5) is 0 Å². The molecule has 0 saturated heterocycles. The van der Waals surface area contributed by atoms with E-state index in [1.165, 1.54) is 0 Å². The first kappa shape index (κ1) is 14.7. The highest BCUT2D eigenvalue weighted by Gasteiger charge is 2.07. The number of hydrogen-bond donors (Lipinski definition) is 1. The molecular weight excluding hydrogens is 224 g/mol. The molecule has 1 N–H and O–H groups in total. The Morgan fingerprint density at radius 1 is 1.22 bits per heavy atom. The molecule has 0 aromatic carbocycles. The van der Waals surface area contributed by atoms with Crippen molar-refractivity contribution >= 4 is 0 Å². The second-order valence-electron chi connectivity index (χ2n) is 4.68. The fourth-order valence-electron chi connectivity index (χ4n) is 1.70. The van der Waals surface area contributed by atoms with Gasteiger partial charge < -0.3 is 9.73 Å². The molecule has 0 radical (unpaired) electrons. The third-order valence-corrected chi connectivity index (χ3v) is 2.56. The third kappa shape index (κ3) is 5.34. The van der Waals surface area contributed by atoms with Gasteiger partial charge in [0.1, 0.15) is 11.5 Å². The molecule has 1 aromatic heterocycles. The number of furan rings is 1. The zero-order valence-corrected chi connectivity index (χ0v) is 11.5. The summed E-state index contributed by atoms with van der Waals surface area (Å²) in [6.07, 6.45) is 3.79. The van der Waals surface area contributed by atoms with E-state index in [4.69, 9.17) is 4.42 Å². The van der Waals surface area contributed by atoms with E-state index in [0.29, 0.717) is 6.04 Å². The van der Waals surface area contributed by atoms with Crippen molar-refractivity contribution in [3.8, 4) is 0 Å². The highest BCUT2D eigenvalue weighted by Crippen LogP contribution is 2.11. The van der Waals surface area contributed by atoms with Crippen LogP contribution in [-0.2, 0) is 13.1 Å². The maximum atomic E-state index is 5.78. The van der Waals surface area contributed by atoms with Gasteiger partial charge in [-0.15, -0.1) is 13.2 Å². The Kier molecular flexibility index (Phi) is 6.47. The molecule has 0 spiro atoms. The van der Waals surface area contributed by atoms with Crippen LogP contribution in [0.3, 0.4) is 0 Å². The SMILES string of the molecule is C=CCN(CC=C)Cc1ccc(CNC(C)C)o1. The van der Waals surface area contributed by atoms with Crippen LogP contribution < -0.4 is 5.32 Å². The van der Waals surface area contributed by atoms with Crippen molar-refractivity contribution in [3.05, 3.63) is 49.0 Å². The Morgan fingerprint density at radius 2 is 1.83 bits per heavy atom. The van der Waals surface area contributed by atoms with Crippen LogP contribution in [0.1, 0.15) is 25.4 Å². The maximum absolute atomic E-state index is 5.78. The van der Waals surface area contributed by atoms with E-state index >= 15 is 0 Å². The average Bonchev–Trinajstić information content (AvgIpc) is 2.75. The van der Waals surface area contributed by atoms with Gasteiger partial charge in [-0.3, -0.25) is 4.90 Å². The predicted molar refractivity (Wildman–Crippen MR) is 76.4 cm³/mol. The van der Waals surface area contributed by atoms with Gasteiger partial charge in [0.15, 0.2) is 0 Å². The molecule has 0 aliphatic rings. The zero-order chi connectivity index (χ0) is 13.4. The normalized spacial score (nSPS) is 11.1. The van der Waals surface area contributed by atoms with E-state index in [9.17, 15) is 0 Å². The summed E-state index contributed by atoms with van der Waals surface area (Å²) in [7, 11) is 0. The third-order valence-electron chi connectivity index (χ3n) is 2.56. The van der Waals surface area contributed by atoms with Crippen molar-refractivity contribution in [3.63, 3.8) is 0 Å². The zero-order valence-electron chi connectivity index (χ0n) is 11.5. The Balaban J connectivity index is 2.50. The van der Waals surface area contributed by atoms with Crippen molar-refractivity contribution in [1.29, 1.82) is 0 Å². The van der Waals surface area contributed by atoms with Gasteiger partial charge in [-0.25, -0.2) is 0 Å². The predicted octanol–water partition coefficient (Wildman–Crippen LogP) is 2.95. The lowest BCUT2D eigenvalue weighted by atomic mass is 10.3. The summed E-state index contributed by atoms with van der Waals surface area (Å²) in [5.74, 6) is 1.97. The van der Waals surface area contributed by atoms with Crippen LogP contribution in [0, 0.1) is 0 Å². The summed E-state index contributed by atoms with van der Waals surface area (Å²) in [6.45, 7) is 15.0. The lowest BCUT2D eigenvalue weighted by Crippen LogP contribution is -2.23. The van der Waals surface area contributed by atoms with Crippen LogP contribution in [-0.4, -0.2) is 24.0 Å². The van der Waals surface area contributed by atoms with Crippen molar-refractivity contribution in [1.82, 2.24) is 10.2 Å². The summed E-state index contributed by atoms with van der Waals surface area (Å²) in [6, 6.07) is 4.54. The molecule has 1 heterocycles. The lowest BCUT2D eigenvalue weighted by molar-refractivity contribution is 0.288. The van der Waals surface area contributed by atoms with E-state index in [2.05, 4.69) is 37.2 Å². The summed E-state index contributed by atoms with van der Waals surface area (Å²) in [5.41, 5.74) is 0. The smallest absolute Gasteiger partial charge is 0.118 e. The molecule has 0 unspecified atom stereocenters. The maximum Gasteiger partial charge on any atom is 0.118 e. The van der Waals surface area contributed by atoms with E-state index in [-0.39, 0.29) is 0 Å². The van der Waals surface area contributed by atoms with E-state index in [1.54, 1.807) is 0 Å². The summed E-state index contributed by atoms with van der Waals surface area (Å²) in [4.78, 5) is 2.22. The minimum Gasteiger partial charge on any atom is -0.463 e. The number of rotatable bonds is 9. The summed E-state index contributed by atoms with van der Waals surface area (Å²) in [5, 5.41) is 3.34. The molecule has 3 nitrogen and oxygen atoms in total. The Bertz CT molecular complexity index is 358. The lowest BCUT2D eigenvalue weighted by Gasteiger charge is -2.16. The molecule has 0 fully saturated rings. The molecule has 0 bridgehead atoms. The second kappa shape index (κ2) is 7.90. The number of hydrogen-bond acceptors (Lipinski definition) is 3. The minimum atomic E-state index is 0.469. The van der Waals surface area contributed by atoms with E-state index in [1.807, 2.05) is 24.3 Å². The molecular formula is C15H24N2O. The molecule has 0 amide bonds. The van der Waals surface area contributed by atoms with Gasteiger partial charge in [-0.1, -0.05) is 26.0 Å². The number of nitrogens with one attached hydrogen (secondary N) is 1. The average molecular weight is 248 g/mol. The first-order valence-electron chi connectivity index (χ1n) is 6.40. The van der Waals surface area contributed by atoms with Gasteiger partial charge in [0.2, 0.25) is 0 Å². The van der Waals surface area contributed by atoms with E-state index in [0.717, 1.165) is 37.7 Å². The molecule has 0 saturated carbocycles. The van der Waals surface area contributed by atoms with Crippen LogP contribution >= 0.6 is 0 Å². The molecule has 1 rings (SSSR count). The standard InChI is InChI=1S/C15H24N2O/c1-5-9-17(10-6-2)12-15-8-7-14(18-15)11-16-13(3)4/h5-8,13,16H,1-2,9-12H2,3-4H3.